The van der Waals surface area contributed by atoms with Crippen molar-refractivity contribution in [1.82, 2.24) is 0 Å². The van der Waals surface area contributed by atoms with E-state index in [1.54, 1.807) is 42.5 Å². The average Bonchev–Trinajstić information content (AvgIpc) is 2.56. The molecule has 0 saturated carbocycles. The van der Waals surface area contributed by atoms with E-state index in [9.17, 15) is 19.8 Å². The minimum Gasteiger partial charge on any atom is -0.481 e. The summed E-state index contributed by atoms with van der Waals surface area (Å²) in [5.41, 5.74) is 1.48. The number of nitriles is 1. The highest BCUT2D eigenvalue weighted by Gasteiger charge is 2.29. The van der Waals surface area contributed by atoms with Crippen molar-refractivity contribution in [2.75, 3.05) is 0 Å². The third-order valence-electron chi connectivity index (χ3n) is 3.71. The Bertz CT molecular complexity index is 732. The summed E-state index contributed by atoms with van der Waals surface area (Å²) in [5, 5.41) is 27.7. The fourth-order valence-corrected chi connectivity index (χ4v) is 2.47. The van der Waals surface area contributed by atoms with Crippen molar-refractivity contribution in [2.45, 2.75) is 18.3 Å². The molecule has 0 aliphatic heterocycles. The molecule has 116 valence electrons. The van der Waals surface area contributed by atoms with Gasteiger partial charge in [0.2, 0.25) is 0 Å². The van der Waals surface area contributed by atoms with E-state index in [-0.39, 0.29) is 6.42 Å². The standard InChI is InChI=1S/C18H15NO4/c19-11-12-6-8-14(9-7-12)16(18(22)23)10-15(17(20)21)13-4-2-1-3-5-13/h1-9,15-16H,10H2,(H,20,21)(H,22,23). The van der Waals surface area contributed by atoms with Gasteiger partial charge in [0.25, 0.3) is 0 Å². The lowest BCUT2D eigenvalue weighted by Gasteiger charge is -2.18. The monoisotopic (exact) mass is 309 g/mol. The van der Waals surface area contributed by atoms with Crippen LogP contribution in [0.4, 0.5) is 0 Å². The molecule has 0 fully saturated rings. The lowest BCUT2D eigenvalue weighted by molar-refractivity contribution is -0.141. The highest BCUT2D eigenvalue weighted by molar-refractivity contribution is 5.80. The minimum atomic E-state index is -1.09. The Hall–Kier alpha value is -3.13. The van der Waals surface area contributed by atoms with Gasteiger partial charge < -0.3 is 10.2 Å². The van der Waals surface area contributed by atoms with Crippen LogP contribution < -0.4 is 0 Å². The average molecular weight is 309 g/mol. The predicted octanol–water partition coefficient (Wildman–Crippen LogP) is 2.98. The van der Waals surface area contributed by atoms with E-state index in [1.807, 2.05) is 6.07 Å². The van der Waals surface area contributed by atoms with Gasteiger partial charge in [0.05, 0.1) is 23.5 Å². The third kappa shape index (κ3) is 3.95. The second-order valence-electron chi connectivity index (χ2n) is 5.16. The summed E-state index contributed by atoms with van der Waals surface area (Å²) < 4.78 is 0. The molecule has 23 heavy (non-hydrogen) atoms. The maximum absolute atomic E-state index is 11.6. The molecule has 0 radical (unpaired) electrons. The summed E-state index contributed by atoms with van der Waals surface area (Å²) in [6.45, 7) is 0. The molecular weight excluding hydrogens is 294 g/mol. The molecule has 5 heteroatoms. The largest absolute Gasteiger partial charge is 0.481 e. The molecule has 0 amide bonds. The Labute approximate surface area is 133 Å². The molecule has 0 heterocycles. The van der Waals surface area contributed by atoms with Crippen molar-refractivity contribution in [2.24, 2.45) is 0 Å². The zero-order valence-electron chi connectivity index (χ0n) is 12.2. The summed E-state index contributed by atoms with van der Waals surface area (Å²) in [6, 6.07) is 16.7. The van der Waals surface area contributed by atoms with E-state index in [2.05, 4.69) is 0 Å². The first-order chi connectivity index (χ1) is 11.0. The first-order valence-corrected chi connectivity index (χ1v) is 7.03. The predicted molar refractivity (Wildman–Crippen MR) is 83.0 cm³/mol. The number of carbonyl (C=O) groups is 2. The van der Waals surface area contributed by atoms with E-state index < -0.39 is 23.8 Å². The van der Waals surface area contributed by atoms with Gasteiger partial charge >= 0.3 is 11.9 Å². The van der Waals surface area contributed by atoms with Gasteiger partial charge in [-0.25, -0.2) is 0 Å². The zero-order chi connectivity index (χ0) is 16.8. The smallest absolute Gasteiger partial charge is 0.311 e. The van der Waals surface area contributed by atoms with Crippen LogP contribution in [0.2, 0.25) is 0 Å². The number of carboxylic acid groups (broad SMARTS) is 2. The fraction of sp³-hybridized carbons (Fsp3) is 0.167. The van der Waals surface area contributed by atoms with E-state index >= 15 is 0 Å². The Morgan fingerprint density at radius 3 is 1.78 bits per heavy atom. The molecule has 2 rings (SSSR count). The minimum absolute atomic E-state index is 0.0550. The van der Waals surface area contributed by atoms with Gasteiger partial charge in [0, 0.05) is 0 Å². The maximum Gasteiger partial charge on any atom is 0.311 e. The van der Waals surface area contributed by atoms with Crippen LogP contribution in [-0.4, -0.2) is 22.2 Å². The second-order valence-corrected chi connectivity index (χ2v) is 5.16. The third-order valence-corrected chi connectivity index (χ3v) is 3.71. The van der Waals surface area contributed by atoms with Gasteiger partial charge in [-0.15, -0.1) is 0 Å². The van der Waals surface area contributed by atoms with Crippen molar-refractivity contribution in [1.29, 1.82) is 5.26 Å². The number of hydrogen-bond acceptors (Lipinski definition) is 3. The van der Waals surface area contributed by atoms with Crippen LogP contribution >= 0.6 is 0 Å². The fourth-order valence-electron chi connectivity index (χ4n) is 2.47. The summed E-state index contributed by atoms with van der Waals surface area (Å²) in [5.74, 6) is -4.01. The SMILES string of the molecule is N#Cc1ccc(C(CC(C(=O)O)c2ccccc2)C(=O)O)cc1. The molecule has 2 atom stereocenters. The Morgan fingerprint density at radius 1 is 0.870 bits per heavy atom. The van der Waals surface area contributed by atoms with Crippen molar-refractivity contribution < 1.29 is 19.8 Å². The first kappa shape index (κ1) is 16.2. The molecule has 0 saturated heterocycles. The van der Waals surface area contributed by atoms with Crippen LogP contribution in [0.5, 0.6) is 0 Å². The highest BCUT2D eigenvalue weighted by Crippen LogP contribution is 2.30. The van der Waals surface area contributed by atoms with Gasteiger partial charge in [-0.05, 0) is 29.7 Å². The van der Waals surface area contributed by atoms with Gasteiger partial charge in [-0.2, -0.15) is 5.26 Å². The molecule has 2 N–H and O–H groups in total. The summed E-state index contributed by atoms with van der Waals surface area (Å²) in [6.07, 6.45) is -0.0550. The van der Waals surface area contributed by atoms with Crippen LogP contribution in [0, 0.1) is 11.3 Å². The van der Waals surface area contributed by atoms with Crippen molar-refractivity contribution in [3.63, 3.8) is 0 Å². The lowest BCUT2D eigenvalue weighted by atomic mass is 9.85. The van der Waals surface area contributed by atoms with Gasteiger partial charge in [0.1, 0.15) is 0 Å². The van der Waals surface area contributed by atoms with E-state index in [1.165, 1.54) is 12.1 Å². The Balaban J connectivity index is 2.31. The zero-order valence-corrected chi connectivity index (χ0v) is 12.2. The van der Waals surface area contributed by atoms with Crippen LogP contribution in [-0.2, 0) is 9.59 Å². The maximum atomic E-state index is 11.6. The summed E-state index contributed by atoms with van der Waals surface area (Å²) in [7, 11) is 0. The highest BCUT2D eigenvalue weighted by atomic mass is 16.4. The van der Waals surface area contributed by atoms with Crippen molar-refractivity contribution in [3.8, 4) is 6.07 Å². The van der Waals surface area contributed by atoms with Crippen molar-refractivity contribution in [3.05, 3.63) is 71.3 Å². The topological polar surface area (TPSA) is 98.4 Å². The molecule has 0 spiro atoms. The molecular formula is C18H15NO4. The molecule has 2 aromatic carbocycles. The molecule has 2 unspecified atom stereocenters. The quantitative estimate of drug-likeness (QED) is 0.854. The van der Waals surface area contributed by atoms with Gasteiger partial charge in [0.15, 0.2) is 0 Å². The van der Waals surface area contributed by atoms with Gasteiger partial charge in [-0.3, -0.25) is 9.59 Å². The molecule has 0 aliphatic carbocycles. The molecule has 0 aliphatic rings. The molecule has 0 aromatic heterocycles. The second kappa shape index (κ2) is 7.23. The van der Waals surface area contributed by atoms with E-state index in [4.69, 9.17) is 5.26 Å². The molecule has 2 aromatic rings. The lowest BCUT2D eigenvalue weighted by Crippen LogP contribution is -2.20. The van der Waals surface area contributed by atoms with Crippen LogP contribution in [0.15, 0.2) is 54.6 Å². The van der Waals surface area contributed by atoms with Crippen LogP contribution in [0.3, 0.4) is 0 Å². The van der Waals surface area contributed by atoms with E-state index in [0.29, 0.717) is 16.7 Å². The number of hydrogen-bond donors (Lipinski definition) is 2. The van der Waals surface area contributed by atoms with Crippen LogP contribution in [0.1, 0.15) is 34.9 Å². The summed E-state index contributed by atoms with van der Waals surface area (Å²) >= 11 is 0. The van der Waals surface area contributed by atoms with Gasteiger partial charge in [-0.1, -0.05) is 42.5 Å². The van der Waals surface area contributed by atoms with E-state index in [0.717, 1.165) is 0 Å². The number of rotatable bonds is 6. The molecule has 5 nitrogen and oxygen atoms in total. The number of carboxylic acids is 2. The summed E-state index contributed by atoms with van der Waals surface area (Å²) in [4.78, 5) is 23.1. The number of nitrogens with zero attached hydrogens (tertiary/aromatic N) is 1. The first-order valence-electron chi connectivity index (χ1n) is 7.03. The molecule has 0 bridgehead atoms. The number of aliphatic carboxylic acids is 2. The Kier molecular flexibility index (Phi) is 5.11. The normalized spacial score (nSPS) is 12.8. The Morgan fingerprint density at radius 2 is 1.35 bits per heavy atom. The van der Waals surface area contributed by atoms with Crippen molar-refractivity contribution >= 4 is 11.9 Å². The number of benzene rings is 2. The van der Waals surface area contributed by atoms with Crippen LogP contribution in [0.25, 0.3) is 0 Å².